The third kappa shape index (κ3) is 1.96. The van der Waals surface area contributed by atoms with Crippen LogP contribution in [0.1, 0.15) is 27.0 Å². The number of benzene rings is 2. The Labute approximate surface area is 119 Å². The van der Waals surface area contributed by atoms with Gasteiger partial charge in [0, 0.05) is 5.56 Å². The largest absolute Gasteiger partial charge is 0.507 e. The van der Waals surface area contributed by atoms with E-state index in [-0.39, 0.29) is 47.3 Å². The number of aliphatic hydroxyl groups excluding tert-OH is 1. The summed E-state index contributed by atoms with van der Waals surface area (Å²) < 4.78 is 5.39. The number of hydrogen-bond acceptors (Lipinski definition) is 6. The quantitative estimate of drug-likeness (QED) is 0.591. The van der Waals surface area contributed by atoms with Gasteiger partial charge in [0.25, 0.3) is 0 Å². The molecule has 0 atom stereocenters. The highest BCUT2D eigenvalue weighted by Gasteiger charge is 2.30. The second kappa shape index (κ2) is 4.68. The van der Waals surface area contributed by atoms with Gasteiger partial charge < -0.3 is 25.2 Å². The van der Waals surface area contributed by atoms with Crippen molar-refractivity contribution in [2.75, 3.05) is 0 Å². The van der Waals surface area contributed by atoms with Gasteiger partial charge >= 0.3 is 0 Å². The molecule has 0 saturated heterocycles. The number of ketones is 1. The van der Waals surface area contributed by atoms with Gasteiger partial charge in [-0.2, -0.15) is 0 Å². The van der Waals surface area contributed by atoms with E-state index in [0.29, 0.717) is 11.1 Å². The number of aliphatic hydroxyl groups is 1. The van der Waals surface area contributed by atoms with Crippen LogP contribution in [0.15, 0.2) is 24.3 Å². The van der Waals surface area contributed by atoms with Crippen molar-refractivity contribution >= 4 is 5.78 Å². The molecule has 0 amide bonds. The monoisotopic (exact) mass is 288 g/mol. The van der Waals surface area contributed by atoms with Gasteiger partial charge in [-0.15, -0.1) is 0 Å². The molecule has 0 spiro atoms. The molecule has 0 radical (unpaired) electrons. The first kappa shape index (κ1) is 13.3. The molecule has 1 aliphatic rings. The number of ether oxygens (including phenoxy) is 1. The van der Waals surface area contributed by atoms with Crippen LogP contribution in [0.25, 0.3) is 0 Å². The SMILES string of the molecule is O=C1c2c(O)cc(CO)cc2COc2c(O)ccc(O)c21. The van der Waals surface area contributed by atoms with Crippen molar-refractivity contribution in [3.8, 4) is 23.0 Å². The third-order valence-corrected chi connectivity index (χ3v) is 3.38. The lowest BCUT2D eigenvalue weighted by Gasteiger charge is -2.09. The van der Waals surface area contributed by atoms with Crippen molar-refractivity contribution in [1.29, 1.82) is 0 Å². The predicted molar refractivity (Wildman–Crippen MR) is 71.6 cm³/mol. The lowest BCUT2D eigenvalue weighted by atomic mass is 9.95. The van der Waals surface area contributed by atoms with Crippen molar-refractivity contribution < 1.29 is 30.0 Å². The van der Waals surface area contributed by atoms with E-state index in [1.165, 1.54) is 24.3 Å². The molecule has 0 bridgehead atoms. The molecule has 3 rings (SSSR count). The van der Waals surface area contributed by atoms with Gasteiger partial charge in [-0.1, -0.05) is 0 Å². The maximum atomic E-state index is 12.5. The van der Waals surface area contributed by atoms with Crippen LogP contribution >= 0.6 is 0 Å². The third-order valence-electron chi connectivity index (χ3n) is 3.38. The van der Waals surface area contributed by atoms with Gasteiger partial charge in [0.15, 0.2) is 11.5 Å². The van der Waals surface area contributed by atoms with Gasteiger partial charge in [-0.3, -0.25) is 4.79 Å². The zero-order chi connectivity index (χ0) is 15.1. The van der Waals surface area contributed by atoms with Gasteiger partial charge in [0.2, 0.25) is 5.78 Å². The molecular weight excluding hydrogens is 276 g/mol. The normalized spacial score (nSPS) is 13.1. The van der Waals surface area contributed by atoms with Crippen LogP contribution in [0.2, 0.25) is 0 Å². The zero-order valence-corrected chi connectivity index (χ0v) is 10.8. The van der Waals surface area contributed by atoms with Crippen LogP contribution in [-0.4, -0.2) is 26.2 Å². The molecule has 4 N–H and O–H groups in total. The average Bonchev–Trinajstić information content (AvgIpc) is 2.61. The zero-order valence-electron chi connectivity index (χ0n) is 10.8. The standard InChI is InChI=1S/C15H12O6/c16-5-7-3-8-6-21-15-10(18)2-1-9(17)13(15)14(20)12(8)11(19)4-7/h1-4,16-19H,5-6H2. The Hall–Kier alpha value is -2.73. The van der Waals surface area contributed by atoms with E-state index in [4.69, 9.17) is 9.84 Å². The summed E-state index contributed by atoms with van der Waals surface area (Å²) in [6.45, 7) is -0.370. The van der Waals surface area contributed by atoms with Crippen molar-refractivity contribution in [2.24, 2.45) is 0 Å². The number of hydrogen-bond donors (Lipinski definition) is 4. The van der Waals surface area contributed by atoms with Crippen molar-refractivity contribution in [2.45, 2.75) is 13.2 Å². The number of fused-ring (bicyclic) bond motifs is 2. The molecule has 0 aliphatic carbocycles. The Morgan fingerprint density at radius 2 is 1.71 bits per heavy atom. The molecule has 108 valence electrons. The summed E-state index contributed by atoms with van der Waals surface area (Å²) in [4.78, 5) is 12.5. The van der Waals surface area contributed by atoms with Crippen molar-refractivity contribution in [3.63, 3.8) is 0 Å². The fourth-order valence-corrected chi connectivity index (χ4v) is 2.42. The lowest BCUT2D eigenvalue weighted by molar-refractivity contribution is 0.103. The van der Waals surface area contributed by atoms with E-state index in [2.05, 4.69) is 0 Å². The molecule has 6 nitrogen and oxygen atoms in total. The molecule has 0 saturated carbocycles. The predicted octanol–water partition coefficient (Wildman–Crippen LogP) is 1.42. The second-order valence-electron chi connectivity index (χ2n) is 4.73. The van der Waals surface area contributed by atoms with Crippen LogP contribution < -0.4 is 4.74 Å². The maximum absolute atomic E-state index is 12.5. The first-order valence-corrected chi connectivity index (χ1v) is 6.21. The van der Waals surface area contributed by atoms with E-state index in [9.17, 15) is 20.1 Å². The fourth-order valence-electron chi connectivity index (χ4n) is 2.42. The van der Waals surface area contributed by atoms with Crippen LogP contribution in [0.4, 0.5) is 0 Å². The highest BCUT2D eigenvalue weighted by Crippen LogP contribution is 2.42. The average molecular weight is 288 g/mol. The Morgan fingerprint density at radius 3 is 2.43 bits per heavy atom. The van der Waals surface area contributed by atoms with Crippen molar-refractivity contribution in [1.82, 2.24) is 0 Å². The molecule has 1 heterocycles. The topological polar surface area (TPSA) is 107 Å². The molecule has 0 fully saturated rings. The summed E-state index contributed by atoms with van der Waals surface area (Å²) >= 11 is 0. The Bertz CT molecular complexity index is 750. The van der Waals surface area contributed by atoms with Gasteiger partial charge in [0.05, 0.1) is 12.2 Å². The number of phenolic OH excluding ortho intramolecular Hbond substituents is 3. The molecular formula is C15H12O6. The maximum Gasteiger partial charge on any atom is 0.204 e. The summed E-state index contributed by atoms with van der Waals surface area (Å²) in [5, 5.41) is 38.8. The molecule has 0 aromatic heterocycles. The van der Waals surface area contributed by atoms with Crippen LogP contribution in [-0.2, 0) is 13.2 Å². The molecule has 21 heavy (non-hydrogen) atoms. The van der Waals surface area contributed by atoms with E-state index in [1.807, 2.05) is 0 Å². The molecule has 2 aromatic carbocycles. The first-order valence-electron chi connectivity index (χ1n) is 6.21. The molecule has 6 heteroatoms. The highest BCUT2D eigenvalue weighted by molar-refractivity contribution is 6.15. The highest BCUT2D eigenvalue weighted by atomic mass is 16.5. The minimum absolute atomic E-state index is 0.00755. The Morgan fingerprint density at radius 1 is 1.00 bits per heavy atom. The van der Waals surface area contributed by atoms with Crippen LogP contribution in [0.5, 0.6) is 23.0 Å². The first-order chi connectivity index (χ1) is 10.0. The summed E-state index contributed by atoms with van der Waals surface area (Å²) in [5.74, 6) is -1.69. The smallest absolute Gasteiger partial charge is 0.204 e. The van der Waals surface area contributed by atoms with Gasteiger partial charge in [-0.05, 0) is 29.8 Å². The van der Waals surface area contributed by atoms with E-state index >= 15 is 0 Å². The number of carbonyl (C=O) groups is 1. The van der Waals surface area contributed by atoms with E-state index in [0.717, 1.165) is 0 Å². The van der Waals surface area contributed by atoms with Crippen LogP contribution in [0, 0.1) is 0 Å². The van der Waals surface area contributed by atoms with E-state index in [1.54, 1.807) is 0 Å². The minimum Gasteiger partial charge on any atom is -0.507 e. The van der Waals surface area contributed by atoms with Gasteiger partial charge in [-0.25, -0.2) is 0 Å². The van der Waals surface area contributed by atoms with Gasteiger partial charge in [0.1, 0.15) is 23.7 Å². The summed E-state index contributed by atoms with van der Waals surface area (Å²) in [6, 6.07) is 5.21. The number of phenols is 3. The summed E-state index contributed by atoms with van der Waals surface area (Å²) in [7, 11) is 0. The summed E-state index contributed by atoms with van der Waals surface area (Å²) in [5.41, 5.74) is 0.605. The number of rotatable bonds is 1. The molecule has 2 aromatic rings. The second-order valence-corrected chi connectivity index (χ2v) is 4.73. The fraction of sp³-hybridized carbons (Fsp3) is 0.133. The Balaban J connectivity index is 2.27. The molecule has 0 unspecified atom stereocenters. The molecule has 1 aliphatic heterocycles. The summed E-state index contributed by atoms with van der Waals surface area (Å²) in [6.07, 6.45) is 0. The number of aromatic hydroxyl groups is 3. The number of carbonyl (C=O) groups excluding carboxylic acids is 1. The lowest BCUT2D eigenvalue weighted by Crippen LogP contribution is -2.05. The Kier molecular flexibility index (Phi) is 2.95. The van der Waals surface area contributed by atoms with Crippen molar-refractivity contribution in [3.05, 3.63) is 46.5 Å². The minimum atomic E-state index is -0.645. The van der Waals surface area contributed by atoms with E-state index < -0.39 is 5.78 Å². The van der Waals surface area contributed by atoms with Crippen LogP contribution in [0.3, 0.4) is 0 Å².